The van der Waals surface area contributed by atoms with E-state index in [1.807, 2.05) is 37.2 Å². The van der Waals surface area contributed by atoms with Gasteiger partial charge in [0.2, 0.25) is 11.9 Å². The smallest absolute Gasteiger partial charge is 0.286 e. The van der Waals surface area contributed by atoms with Crippen LogP contribution < -0.4 is 16.0 Å². The highest BCUT2D eigenvalue weighted by atomic mass is 35.5. The molecule has 4 rings (SSSR count). The average molecular weight is 443 g/mol. The van der Waals surface area contributed by atoms with Crippen molar-refractivity contribution in [3.8, 4) is 0 Å². The summed E-state index contributed by atoms with van der Waals surface area (Å²) in [5, 5.41) is 8.96. The number of nitrogen functional groups attached to an aromatic ring is 1. The van der Waals surface area contributed by atoms with Crippen LogP contribution in [0.2, 0.25) is 5.02 Å². The maximum absolute atomic E-state index is 13.4. The largest absolute Gasteiger partial charge is 0.377 e. The van der Waals surface area contributed by atoms with Crippen LogP contribution >= 0.6 is 11.6 Å². The predicted molar refractivity (Wildman–Crippen MR) is 120 cm³/mol. The number of hydrogen-bond acceptors (Lipinski definition) is 7. The maximum atomic E-state index is 13.4. The van der Waals surface area contributed by atoms with Gasteiger partial charge in [0, 0.05) is 41.3 Å². The van der Waals surface area contributed by atoms with E-state index in [1.54, 1.807) is 36.4 Å². The van der Waals surface area contributed by atoms with Gasteiger partial charge in [0.25, 0.3) is 10.0 Å². The van der Waals surface area contributed by atoms with Crippen molar-refractivity contribution in [1.29, 1.82) is 0 Å². The van der Waals surface area contributed by atoms with Crippen LogP contribution in [0.15, 0.2) is 65.6 Å². The third-order valence-electron chi connectivity index (χ3n) is 4.55. The fraction of sp³-hybridized carbons (Fsp3) is 0.100. The van der Waals surface area contributed by atoms with E-state index in [1.165, 1.54) is 6.07 Å². The van der Waals surface area contributed by atoms with Crippen LogP contribution in [0, 0.1) is 0 Å². The molecule has 0 saturated heterocycles. The topological polar surface area (TPSA) is 106 Å². The minimum absolute atomic E-state index is 0.0626. The van der Waals surface area contributed by atoms with E-state index in [0.29, 0.717) is 16.1 Å². The standard InChI is InChI=1S/C20H19ClN6O2S/c1-26(2)17-7-3-6-16-15(17)5-4-8-18(16)30(28,29)27-19(22)24-20(25-27)23-14-11-9-13(21)10-12-14/h3-12H,1-2H3,(H3,22,23,24,25). The number of fused-ring (bicyclic) bond motifs is 1. The zero-order valence-corrected chi connectivity index (χ0v) is 17.8. The summed E-state index contributed by atoms with van der Waals surface area (Å²) in [5.41, 5.74) is 7.46. The van der Waals surface area contributed by atoms with Gasteiger partial charge in [0.05, 0.1) is 4.90 Å². The van der Waals surface area contributed by atoms with Gasteiger partial charge in [-0.15, -0.1) is 9.19 Å². The molecule has 3 N–H and O–H groups in total. The van der Waals surface area contributed by atoms with Crippen LogP contribution in [0.1, 0.15) is 0 Å². The van der Waals surface area contributed by atoms with E-state index in [2.05, 4.69) is 15.4 Å². The van der Waals surface area contributed by atoms with E-state index in [0.717, 1.165) is 15.2 Å². The van der Waals surface area contributed by atoms with E-state index in [-0.39, 0.29) is 16.8 Å². The Morgan fingerprint density at radius 3 is 2.37 bits per heavy atom. The van der Waals surface area contributed by atoms with Crippen molar-refractivity contribution in [3.05, 3.63) is 65.7 Å². The van der Waals surface area contributed by atoms with Gasteiger partial charge in [-0.2, -0.15) is 13.4 Å². The quantitative estimate of drug-likeness (QED) is 0.485. The highest BCUT2D eigenvalue weighted by Crippen LogP contribution is 2.31. The van der Waals surface area contributed by atoms with Gasteiger partial charge in [-0.1, -0.05) is 35.9 Å². The third-order valence-corrected chi connectivity index (χ3v) is 6.44. The molecule has 8 nitrogen and oxygen atoms in total. The lowest BCUT2D eigenvalue weighted by atomic mass is 10.1. The molecule has 0 aliphatic heterocycles. The number of rotatable bonds is 5. The van der Waals surface area contributed by atoms with Crippen LogP contribution in [0.4, 0.5) is 23.3 Å². The second-order valence-electron chi connectivity index (χ2n) is 6.80. The summed E-state index contributed by atoms with van der Waals surface area (Å²) in [7, 11) is -0.273. The lowest BCUT2D eigenvalue weighted by molar-refractivity contribution is 0.582. The molecule has 30 heavy (non-hydrogen) atoms. The van der Waals surface area contributed by atoms with Crippen LogP contribution in [0.25, 0.3) is 10.8 Å². The molecule has 0 radical (unpaired) electrons. The average Bonchev–Trinajstić information content (AvgIpc) is 3.09. The minimum atomic E-state index is -4.08. The lowest BCUT2D eigenvalue weighted by Crippen LogP contribution is -2.18. The van der Waals surface area contributed by atoms with Crippen molar-refractivity contribution in [1.82, 2.24) is 14.2 Å². The van der Waals surface area contributed by atoms with Crippen molar-refractivity contribution < 1.29 is 8.42 Å². The molecular weight excluding hydrogens is 424 g/mol. The molecular formula is C20H19ClN6O2S. The number of anilines is 4. The Morgan fingerprint density at radius 2 is 1.67 bits per heavy atom. The number of halogens is 1. The van der Waals surface area contributed by atoms with Gasteiger partial charge in [-0.25, -0.2) is 0 Å². The first-order valence-corrected chi connectivity index (χ1v) is 10.8. The van der Waals surface area contributed by atoms with Gasteiger partial charge in [0.15, 0.2) is 0 Å². The van der Waals surface area contributed by atoms with Crippen molar-refractivity contribution >= 4 is 55.7 Å². The molecule has 0 unspecified atom stereocenters. The lowest BCUT2D eigenvalue weighted by Gasteiger charge is -2.16. The summed E-state index contributed by atoms with van der Waals surface area (Å²) in [5.74, 6) is -0.181. The molecule has 1 heterocycles. The molecule has 0 amide bonds. The molecule has 0 spiro atoms. The summed E-state index contributed by atoms with van der Waals surface area (Å²) in [6.45, 7) is 0. The highest BCUT2D eigenvalue weighted by molar-refractivity contribution is 7.90. The first kappa shape index (κ1) is 20.0. The maximum Gasteiger partial charge on any atom is 0.286 e. The van der Waals surface area contributed by atoms with Crippen LogP contribution in [-0.4, -0.2) is 36.7 Å². The Hall–Kier alpha value is -3.30. The van der Waals surface area contributed by atoms with Gasteiger partial charge < -0.3 is 16.0 Å². The first-order valence-electron chi connectivity index (χ1n) is 8.97. The molecule has 0 aliphatic rings. The number of aromatic nitrogens is 3. The van der Waals surface area contributed by atoms with Gasteiger partial charge in [-0.05, 0) is 36.4 Å². The summed E-state index contributed by atoms with van der Waals surface area (Å²) in [6.07, 6.45) is 0. The summed E-state index contributed by atoms with van der Waals surface area (Å²) in [4.78, 5) is 6.07. The molecule has 4 aromatic rings. The number of nitrogens with one attached hydrogen (secondary N) is 1. The van der Waals surface area contributed by atoms with Crippen LogP contribution in [0.5, 0.6) is 0 Å². The first-order chi connectivity index (χ1) is 14.3. The van der Waals surface area contributed by atoms with E-state index < -0.39 is 10.0 Å². The van der Waals surface area contributed by atoms with Gasteiger partial charge in [0.1, 0.15) is 0 Å². The van der Waals surface area contributed by atoms with Gasteiger partial charge >= 0.3 is 0 Å². The highest BCUT2D eigenvalue weighted by Gasteiger charge is 2.25. The summed E-state index contributed by atoms with van der Waals surface area (Å²) >= 11 is 5.88. The normalized spacial score (nSPS) is 11.6. The zero-order chi connectivity index (χ0) is 21.5. The van der Waals surface area contributed by atoms with Crippen molar-refractivity contribution in [2.24, 2.45) is 0 Å². The Balaban J connectivity index is 1.79. The number of hydrogen-bond donors (Lipinski definition) is 2. The van der Waals surface area contributed by atoms with Crippen LogP contribution in [0.3, 0.4) is 0 Å². The van der Waals surface area contributed by atoms with Crippen molar-refractivity contribution in [2.45, 2.75) is 4.90 Å². The fourth-order valence-corrected chi connectivity index (χ4v) is 4.67. The SMILES string of the molecule is CN(C)c1cccc2c(S(=O)(=O)n3nc(Nc4ccc(Cl)cc4)nc3N)cccc12. The van der Waals surface area contributed by atoms with Gasteiger partial charge in [-0.3, -0.25) is 0 Å². The van der Waals surface area contributed by atoms with Crippen molar-refractivity contribution in [2.75, 3.05) is 30.0 Å². The Labute approximate surface area is 178 Å². The van der Waals surface area contributed by atoms with E-state index >= 15 is 0 Å². The zero-order valence-electron chi connectivity index (χ0n) is 16.2. The molecule has 3 aromatic carbocycles. The number of nitrogens with zero attached hydrogens (tertiary/aromatic N) is 4. The van der Waals surface area contributed by atoms with E-state index in [9.17, 15) is 8.42 Å². The Morgan fingerprint density at radius 1 is 1.00 bits per heavy atom. The Bertz CT molecular complexity index is 1330. The second kappa shape index (κ2) is 7.51. The third kappa shape index (κ3) is 3.53. The molecule has 0 saturated carbocycles. The molecule has 1 aromatic heterocycles. The fourth-order valence-electron chi connectivity index (χ4n) is 3.18. The summed E-state index contributed by atoms with van der Waals surface area (Å²) < 4.78 is 27.5. The predicted octanol–water partition coefficient (Wildman–Crippen LogP) is 3.71. The number of benzene rings is 3. The molecule has 0 bridgehead atoms. The molecule has 154 valence electrons. The summed E-state index contributed by atoms with van der Waals surface area (Å²) in [6, 6.07) is 17.4. The molecule has 10 heteroatoms. The second-order valence-corrected chi connectivity index (χ2v) is 8.97. The minimum Gasteiger partial charge on any atom is -0.377 e. The van der Waals surface area contributed by atoms with Crippen molar-refractivity contribution in [3.63, 3.8) is 0 Å². The Kier molecular flexibility index (Phi) is 5.00. The number of nitrogens with two attached hydrogens (primary N) is 1. The monoisotopic (exact) mass is 442 g/mol. The van der Waals surface area contributed by atoms with E-state index in [4.69, 9.17) is 17.3 Å². The molecule has 0 fully saturated rings. The van der Waals surface area contributed by atoms with Crippen LogP contribution in [-0.2, 0) is 10.0 Å². The molecule has 0 atom stereocenters. The molecule has 0 aliphatic carbocycles.